The molecule has 0 radical (unpaired) electrons. The molecule has 8 unspecified atom stereocenters. The Labute approximate surface area is 179 Å². The van der Waals surface area contributed by atoms with Crippen molar-refractivity contribution in [1.29, 1.82) is 0 Å². The van der Waals surface area contributed by atoms with Gasteiger partial charge in [-0.3, -0.25) is 9.69 Å². The molecule has 0 aromatic carbocycles. The minimum absolute atomic E-state index is 0.0661. The fourth-order valence-electron chi connectivity index (χ4n) is 5.22. The summed E-state index contributed by atoms with van der Waals surface area (Å²) in [5.74, 6) is -2.06. The third-order valence-corrected chi connectivity index (χ3v) is 6.85. The number of fused-ring (bicyclic) bond motifs is 4. The maximum atomic E-state index is 12.9. The molecule has 2 saturated heterocycles. The second-order valence-corrected chi connectivity index (χ2v) is 9.14. The predicted molar refractivity (Wildman–Crippen MR) is 104 cm³/mol. The molecule has 1 aromatic rings. The Kier molecular flexibility index (Phi) is 4.53. The number of carbonyl (C=O) groups is 3. The zero-order valence-corrected chi connectivity index (χ0v) is 17.8. The fraction of sp³-hybridized carbons (Fsp3) is 0.591. The van der Waals surface area contributed by atoms with E-state index in [2.05, 4.69) is 0 Å². The van der Waals surface area contributed by atoms with Crippen LogP contribution < -0.4 is 0 Å². The summed E-state index contributed by atoms with van der Waals surface area (Å²) in [6.45, 7) is 3.70. The Morgan fingerprint density at radius 3 is 2.71 bits per heavy atom. The minimum Gasteiger partial charge on any atom is -0.462 e. The topological polar surface area (TPSA) is 108 Å². The van der Waals surface area contributed by atoms with Gasteiger partial charge >= 0.3 is 17.9 Å². The molecule has 0 saturated carbocycles. The fourth-order valence-corrected chi connectivity index (χ4v) is 5.22. The molecule has 5 rings (SSSR count). The number of nitrogens with zero attached hydrogens (tertiary/aromatic N) is 1. The molecular weight excluding hydrogens is 406 g/mol. The van der Waals surface area contributed by atoms with Crippen molar-refractivity contribution in [1.82, 2.24) is 4.90 Å². The van der Waals surface area contributed by atoms with E-state index in [1.165, 1.54) is 12.3 Å². The van der Waals surface area contributed by atoms with Crippen molar-refractivity contribution in [3.63, 3.8) is 0 Å². The van der Waals surface area contributed by atoms with Crippen LogP contribution in [0.3, 0.4) is 0 Å². The van der Waals surface area contributed by atoms with Gasteiger partial charge in [0.15, 0.2) is 6.10 Å². The lowest BCUT2D eigenvalue weighted by molar-refractivity contribution is -0.144. The number of hydrogen-bond acceptors (Lipinski definition) is 9. The SMILES string of the molecule is CC1C(=O)OC2CC3(C)OC3C(OC(=O)c3ccco3)C(N(C)C)C3=CC(OC3=O)C21. The Balaban J connectivity index is 1.56. The van der Waals surface area contributed by atoms with Crippen molar-refractivity contribution in [2.45, 2.75) is 56.3 Å². The molecule has 8 atom stereocenters. The monoisotopic (exact) mass is 431 g/mol. The second kappa shape index (κ2) is 6.93. The first kappa shape index (κ1) is 20.3. The van der Waals surface area contributed by atoms with Crippen molar-refractivity contribution >= 4 is 17.9 Å². The number of rotatable bonds is 3. The average Bonchev–Trinajstić information content (AvgIpc) is 3.08. The van der Waals surface area contributed by atoms with E-state index >= 15 is 0 Å². The number of hydrogen-bond donors (Lipinski definition) is 0. The van der Waals surface area contributed by atoms with E-state index in [0.717, 1.165) is 0 Å². The van der Waals surface area contributed by atoms with E-state index in [0.29, 0.717) is 12.0 Å². The summed E-state index contributed by atoms with van der Waals surface area (Å²) in [4.78, 5) is 39.8. The molecule has 2 fully saturated rings. The summed E-state index contributed by atoms with van der Waals surface area (Å²) >= 11 is 0. The van der Waals surface area contributed by atoms with Gasteiger partial charge in [0, 0.05) is 12.3 Å². The predicted octanol–water partition coefficient (Wildman–Crippen LogP) is 1.33. The summed E-state index contributed by atoms with van der Waals surface area (Å²) in [7, 11) is 3.61. The maximum absolute atomic E-state index is 12.9. The zero-order valence-electron chi connectivity index (χ0n) is 17.8. The number of carbonyl (C=O) groups excluding carboxylic acids is 3. The molecule has 31 heavy (non-hydrogen) atoms. The maximum Gasteiger partial charge on any atom is 0.374 e. The number of epoxide rings is 1. The lowest BCUT2D eigenvalue weighted by Gasteiger charge is -2.32. The molecule has 3 aliphatic heterocycles. The third kappa shape index (κ3) is 3.18. The van der Waals surface area contributed by atoms with Crippen molar-refractivity contribution < 1.29 is 37.7 Å². The average molecular weight is 431 g/mol. The van der Waals surface area contributed by atoms with Crippen LogP contribution >= 0.6 is 0 Å². The molecule has 9 nitrogen and oxygen atoms in total. The van der Waals surface area contributed by atoms with Crippen molar-refractivity contribution in [3.8, 4) is 0 Å². The molecule has 0 spiro atoms. The van der Waals surface area contributed by atoms with Crippen LogP contribution in [0, 0.1) is 11.8 Å². The van der Waals surface area contributed by atoms with Crippen LogP contribution in [0.5, 0.6) is 0 Å². The number of esters is 3. The van der Waals surface area contributed by atoms with Crippen LogP contribution in [0.2, 0.25) is 0 Å². The summed E-state index contributed by atoms with van der Waals surface area (Å²) in [6, 6.07) is 2.53. The second-order valence-electron chi connectivity index (χ2n) is 9.14. The molecule has 2 bridgehead atoms. The highest BCUT2D eigenvalue weighted by molar-refractivity contribution is 5.93. The van der Waals surface area contributed by atoms with Gasteiger partial charge in [-0.1, -0.05) is 6.92 Å². The van der Waals surface area contributed by atoms with Crippen LogP contribution in [-0.4, -0.2) is 73.0 Å². The summed E-state index contributed by atoms with van der Waals surface area (Å²) < 4.78 is 28.4. The first-order valence-electron chi connectivity index (χ1n) is 10.4. The molecular formula is C22H25NO8. The van der Waals surface area contributed by atoms with Crippen LogP contribution in [-0.2, 0) is 28.5 Å². The van der Waals surface area contributed by atoms with Gasteiger partial charge in [-0.05, 0) is 39.2 Å². The summed E-state index contributed by atoms with van der Waals surface area (Å²) in [6.07, 6.45) is 1.25. The normalized spacial score (nSPS) is 41.1. The van der Waals surface area contributed by atoms with Gasteiger partial charge < -0.3 is 23.4 Å². The van der Waals surface area contributed by atoms with Crippen molar-refractivity contribution in [2.24, 2.45) is 11.8 Å². The molecule has 4 aliphatic rings. The van der Waals surface area contributed by atoms with Crippen LogP contribution in [0.1, 0.15) is 30.8 Å². The van der Waals surface area contributed by atoms with Crippen LogP contribution in [0.25, 0.3) is 0 Å². The number of furan rings is 1. The first-order valence-corrected chi connectivity index (χ1v) is 10.4. The van der Waals surface area contributed by atoms with E-state index in [4.69, 9.17) is 23.4 Å². The quantitative estimate of drug-likeness (QED) is 0.398. The van der Waals surface area contributed by atoms with E-state index in [-0.39, 0.29) is 17.6 Å². The van der Waals surface area contributed by atoms with Gasteiger partial charge in [0.05, 0.1) is 29.4 Å². The summed E-state index contributed by atoms with van der Waals surface area (Å²) in [5.41, 5.74) is -0.284. The van der Waals surface area contributed by atoms with Gasteiger partial charge in [0.25, 0.3) is 0 Å². The third-order valence-electron chi connectivity index (χ3n) is 6.85. The minimum atomic E-state index is -0.791. The van der Waals surface area contributed by atoms with Gasteiger partial charge in [-0.25, -0.2) is 9.59 Å². The molecule has 1 aliphatic carbocycles. The number of likely N-dealkylation sites (N-methyl/N-ethyl adjacent to an activating group) is 1. The van der Waals surface area contributed by atoms with Gasteiger partial charge in [0.2, 0.25) is 5.76 Å². The van der Waals surface area contributed by atoms with E-state index in [1.807, 2.05) is 11.8 Å². The lowest BCUT2D eigenvalue weighted by atomic mass is 9.79. The van der Waals surface area contributed by atoms with Crippen LogP contribution in [0.15, 0.2) is 34.5 Å². The van der Waals surface area contributed by atoms with Crippen molar-refractivity contribution in [3.05, 3.63) is 35.8 Å². The standard InChI is InChI=1S/C22H25NO8/c1-10-15-13-8-11(20(25)28-13)16(23(3)4)17(30-21(26)12-6-5-7-27-12)18-22(2,31-18)9-14(15)29-19(10)24/h5-8,10,13-18H,9H2,1-4H3. The smallest absolute Gasteiger partial charge is 0.374 e. The Morgan fingerprint density at radius 2 is 2.03 bits per heavy atom. The molecule has 4 heterocycles. The van der Waals surface area contributed by atoms with Gasteiger partial charge in [-0.2, -0.15) is 0 Å². The summed E-state index contributed by atoms with van der Waals surface area (Å²) in [5, 5.41) is 0. The highest BCUT2D eigenvalue weighted by Gasteiger charge is 2.65. The lowest BCUT2D eigenvalue weighted by Crippen LogP contribution is -2.49. The van der Waals surface area contributed by atoms with E-state index in [1.54, 1.807) is 33.2 Å². The zero-order chi connectivity index (χ0) is 22.1. The Bertz CT molecular complexity index is 953. The largest absolute Gasteiger partial charge is 0.462 e. The first-order chi connectivity index (χ1) is 14.7. The highest BCUT2D eigenvalue weighted by atomic mass is 16.7. The van der Waals surface area contributed by atoms with Crippen LogP contribution in [0.4, 0.5) is 0 Å². The molecule has 1 aromatic heterocycles. The Morgan fingerprint density at radius 1 is 1.26 bits per heavy atom. The van der Waals surface area contributed by atoms with Crippen molar-refractivity contribution in [2.75, 3.05) is 14.1 Å². The van der Waals surface area contributed by atoms with E-state index < -0.39 is 53.9 Å². The van der Waals surface area contributed by atoms with Gasteiger partial charge in [0.1, 0.15) is 18.3 Å². The molecule has 0 N–H and O–H groups in total. The van der Waals surface area contributed by atoms with E-state index in [9.17, 15) is 14.4 Å². The Hall–Kier alpha value is -2.65. The molecule has 166 valence electrons. The van der Waals surface area contributed by atoms with Gasteiger partial charge in [-0.15, -0.1) is 0 Å². The molecule has 9 heteroatoms. The highest BCUT2D eigenvalue weighted by Crippen LogP contribution is 2.51. The molecule has 0 amide bonds. The number of ether oxygens (including phenoxy) is 4.